The zero-order chi connectivity index (χ0) is 34.8. The van der Waals surface area contributed by atoms with Gasteiger partial charge in [-0.2, -0.15) is 0 Å². The summed E-state index contributed by atoms with van der Waals surface area (Å²) in [5.41, 5.74) is 0. The molecule has 3 aliphatic rings. The summed E-state index contributed by atoms with van der Waals surface area (Å²) in [7, 11) is 0. The molecule has 3 fully saturated rings. The van der Waals surface area contributed by atoms with Crippen LogP contribution in [0.3, 0.4) is 0 Å². The summed E-state index contributed by atoms with van der Waals surface area (Å²) in [6.07, 6.45) is -15.3. The molecule has 0 aromatic carbocycles. The number of carbonyl (C=O) groups is 6. The van der Waals surface area contributed by atoms with Crippen molar-refractivity contribution in [3.63, 3.8) is 0 Å². The Labute approximate surface area is 269 Å². The van der Waals surface area contributed by atoms with Gasteiger partial charge in [0.1, 0.15) is 37.6 Å². The maximum absolute atomic E-state index is 15.3. The number of alkyl halides is 1. The lowest BCUT2D eigenvalue weighted by Crippen LogP contribution is -2.67. The third kappa shape index (κ3) is 11.3. The Kier molecular flexibility index (Phi) is 14.3. The fourth-order valence-electron chi connectivity index (χ4n) is 5.28. The number of rotatable bonds is 12. The van der Waals surface area contributed by atoms with Crippen molar-refractivity contribution in [2.75, 3.05) is 19.8 Å². The standard InChI is InChI=1S/C29H41FO17/c1-13(31)38-11-19-23(24(40-15(3)33)26(28(30)44-19)42-17(5)35)47-29-27(43-18(6)36)25(41-16(4)34)22(20(45-29)12-39-14(2)32)46-21-9-7-8-10-37-21/h19-29H,7-12H2,1-6H3/t19-,20-,21?,22-,23-,24+,25+,26-,27-,28+,29-/m1/s1. The summed E-state index contributed by atoms with van der Waals surface area (Å²) in [5, 5.41) is 0. The van der Waals surface area contributed by atoms with Crippen LogP contribution in [-0.4, -0.2) is 123 Å². The molecular weight excluding hydrogens is 639 g/mol. The number of halogens is 1. The van der Waals surface area contributed by atoms with Crippen LogP contribution in [0.4, 0.5) is 4.39 Å². The highest BCUT2D eigenvalue weighted by Gasteiger charge is 2.57. The molecule has 47 heavy (non-hydrogen) atoms. The molecule has 0 N–H and O–H groups in total. The van der Waals surface area contributed by atoms with Gasteiger partial charge in [0.05, 0.1) is 0 Å². The molecule has 3 saturated heterocycles. The molecule has 0 amide bonds. The van der Waals surface area contributed by atoms with Crippen molar-refractivity contribution >= 4 is 35.8 Å². The molecule has 3 heterocycles. The predicted molar refractivity (Wildman–Crippen MR) is 147 cm³/mol. The van der Waals surface area contributed by atoms with Crippen molar-refractivity contribution in [3.05, 3.63) is 0 Å². The van der Waals surface area contributed by atoms with Crippen LogP contribution in [0.5, 0.6) is 0 Å². The third-order valence-electron chi connectivity index (χ3n) is 7.02. The first-order valence-corrected chi connectivity index (χ1v) is 15.0. The van der Waals surface area contributed by atoms with Crippen molar-refractivity contribution in [2.24, 2.45) is 0 Å². The molecule has 17 nitrogen and oxygen atoms in total. The van der Waals surface area contributed by atoms with E-state index in [-0.39, 0.29) is 0 Å². The van der Waals surface area contributed by atoms with Crippen molar-refractivity contribution < 1.29 is 85.3 Å². The summed E-state index contributed by atoms with van der Waals surface area (Å²) in [6, 6.07) is 0. The Balaban J connectivity index is 2.09. The van der Waals surface area contributed by atoms with E-state index >= 15 is 4.39 Å². The SMILES string of the molecule is CC(=O)OC[C@H]1O[C@H](F)[C@H](OC(C)=O)[C@@H](OC(C)=O)[C@@H]1O[C@H]1O[C@H](COC(C)=O)[C@@H](OC2CCCCO2)[C@H](OC(C)=O)[C@H]1OC(C)=O. The topological polar surface area (TPSA) is 204 Å². The smallest absolute Gasteiger partial charge is 0.303 e. The van der Waals surface area contributed by atoms with E-state index in [1.54, 1.807) is 0 Å². The summed E-state index contributed by atoms with van der Waals surface area (Å²) >= 11 is 0. The van der Waals surface area contributed by atoms with E-state index in [9.17, 15) is 28.8 Å². The van der Waals surface area contributed by atoms with Gasteiger partial charge in [-0.3, -0.25) is 28.8 Å². The molecule has 0 saturated carbocycles. The molecule has 0 aromatic rings. The van der Waals surface area contributed by atoms with Crippen LogP contribution in [0.1, 0.15) is 60.8 Å². The molecule has 266 valence electrons. The molecular formula is C29H41FO17. The van der Waals surface area contributed by atoms with Crippen LogP contribution in [0.2, 0.25) is 0 Å². The van der Waals surface area contributed by atoms with E-state index in [4.69, 9.17) is 52.1 Å². The van der Waals surface area contributed by atoms with Crippen molar-refractivity contribution in [1.29, 1.82) is 0 Å². The number of hydrogen-bond acceptors (Lipinski definition) is 17. The molecule has 1 unspecified atom stereocenters. The van der Waals surface area contributed by atoms with Gasteiger partial charge in [-0.1, -0.05) is 0 Å². The van der Waals surface area contributed by atoms with Crippen LogP contribution in [-0.2, 0) is 80.9 Å². The van der Waals surface area contributed by atoms with E-state index in [2.05, 4.69) is 0 Å². The number of ether oxygens (including phenoxy) is 11. The minimum atomic E-state index is -2.38. The Hall–Kier alpha value is -3.45. The Morgan fingerprint density at radius 2 is 1.04 bits per heavy atom. The summed E-state index contributed by atoms with van der Waals surface area (Å²) in [5.74, 6) is -5.05. The molecule has 3 rings (SSSR count). The molecule has 0 aliphatic carbocycles. The summed E-state index contributed by atoms with van der Waals surface area (Å²) in [4.78, 5) is 72.3. The Bertz CT molecular complexity index is 1130. The molecule has 0 radical (unpaired) electrons. The minimum absolute atomic E-state index is 0.381. The minimum Gasteiger partial charge on any atom is -0.463 e. The van der Waals surface area contributed by atoms with Gasteiger partial charge in [0.15, 0.2) is 37.0 Å². The molecule has 0 spiro atoms. The van der Waals surface area contributed by atoms with Gasteiger partial charge in [-0.15, -0.1) is 0 Å². The maximum Gasteiger partial charge on any atom is 0.303 e. The van der Waals surface area contributed by atoms with E-state index in [0.717, 1.165) is 54.4 Å². The lowest BCUT2D eigenvalue weighted by Gasteiger charge is -2.48. The van der Waals surface area contributed by atoms with Crippen molar-refractivity contribution in [1.82, 2.24) is 0 Å². The normalized spacial score (nSPS) is 33.9. The second kappa shape index (κ2) is 17.6. The summed E-state index contributed by atoms with van der Waals surface area (Å²) in [6.45, 7) is 5.65. The molecule has 3 aliphatic heterocycles. The Morgan fingerprint density at radius 3 is 1.53 bits per heavy atom. The van der Waals surface area contributed by atoms with Crippen LogP contribution in [0, 0.1) is 0 Å². The van der Waals surface area contributed by atoms with Gasteiger partial charge in [0, 0.05) is 48.1 Å². The zero-order valence-electron chi connectivity index (χ0n) is 26.9. The number of carbonyl (C=O) groups excluding carboxylic acids is 6. The van der Waals surface area contributed by atoms with Crippen LogP contribution in [0.25, 0.3) is 0 Å². The van der Waals surface area contributed by atoms with Gasteiger partial charge in [-0.05, 0) is 19.3 Å². The maximum atomic E-state index is 15.3. The number of hydrogen-bond donors (Lipinski definition) is 0. The average molecular weight is 681 g/mol. The van der Waals surface area contributed by atoms with Crippen LogP contribution >= 0.6 is 0 Å². The lowest BCUT2D eigenvalue weighted by atomic mass is 9.96. The highest BCUT2D eigenvalue weighted by atomic mass is 19.1. The summed E-state index contributed by atoms with van der Waals surface area (Å²) < 4.78 is 76.5. The zero-order valence-corrected chi connectivity index (χ0v) is 26.9. The van der Waals surface area contributed by atoms with E-state index in [1.807, 2.05) is 0 Å². The van der Waals surface area contributed by atoms with Gasteiger partial charge in [-0.25, -0.2) is 4.39 Å². The first-order valence-electron chi connectivity index (χ1n) is 15.0. The van der Waals surface area contributed by atoms with Gasteiger partial charge >= 0.3 is 35.8 Å². The fraction of sp³-hybridized carbons (Fsp3) is 0.793. The average Bonchev–Trinajstić information content (AvgIpc) is 2.96. The molecule has 11 atom stereocenters. The second-order valence-electron chi connectivity index (χ2n) is 11.0. The van der Waals surface area contributed by atoms with Crippen molar-refractivity contribution in [3.8, 4) is 0 Å². The van der Waals surface area contributed by atoms with E-state index in [1.165, 1.54) is 0 Å². The molecule has 0 aromatic heterocycles. The van der Waals surface area contributed by atoms with E-state index < -0.39 is 117 Å². The monoisotopic (exact) mass is 680 g/mol. The van der Waals surface area contributed by atoms with E-state index in [0.29, 0.717) is 13.0 Å². The largest absolute Gasteiger partial charge is 0.463 e. The van der Waals surface area contributed by atoms with Crippen LogP contribution < -0.4 is 0 Å². The second-order valence-corrected chi connectivity index (χ2v) is 11.0. The van der Waals surface area contributed by atoms with Crippen LogP contribution in [0.15, 0.2) is 0 Å². The first kappa shape index (κ1) is 38.0. The molecule has 0 bridgehead atoms. The van der Waals surface area contributed by atoms with Gasteiger partial charge < -0.3 is 52.1 Å². The Morgan fingerprint density at radius 1 is 0.574 bits per heavy atom. The highest BCUT2D eigenvalue weighted by Crippen LogP contribution is 2.36. The van der Waals surface area contributed by atoms with Gasteiger partial charge in [0.2, 0.25) is 6.36 Å². The molecule has 18 heteroatoms. The van der Waals surface area contributed by atoms with Crippen molar-refractivity contribution in [2.45, 2.75) is 129 Å². The van der Waals surface area contributed by atoms with Gasteiger partial charge in [0.25, 0.3) is 0 Å². The third-order valence-corrected chi connectivity index (χ3v) is 7.02. The predicted octanol–water partition coefficient (Wildman–Crippen LogP) is 0.556. The number of esters is 6. The fourth-order valence-corrected chi connectivity index (χ4v) is 5.28. The first-order chi connectivity index (χ1) is 22.2. The highest BCUT2D eigenvalue weighted by molar-refractivity contribution is 5.68. The lowest BCUT2D eigenvalue weighted by molar-refractivity contribution is -0.362. The quantitative estimate of drug-likeness (QED) is 0.204.